The summed E-state index contributed by atoms with van der Waals surface area (Å²) < 4.78 is 19.6. The second-order valence-corrected chi connectivity index (χ2v) is 7.31. The van der Waals surface area contributed by atoms with Crippen LogP contribution >= 0.6 is 0 Å². The summed E-state index contributed by atoms with van der Waals surface area (Å²) >= 11 is 0. The predicted octanol–water partition coefficient (Wildman–Crippen LogP) is 4.12. The standard InChI is InChI=1S/C23H22FN5O2/c1-28(2)14-15-4-6-17(7-5-15)22-27-20(19-12-13-25-23(26-19)31-3)21(29(22)30)16-8-10-18(24)11-9-16/h4-13,30H,14H2,1-3H3. The normalized spacial score (nSPS) is 11.1. The minimum absolute atomic E-state index is 0.185. The van der Waals surface area contributed by atoms with Crippen molar-refractivity contribution in [3.05, 3.63) is 72.2 Å². The lowest BCUT2D eigenvalue weighted by atomic mass is 10.1. The SMILES string of the molecule is COc1nccc(-c2nc(-c3ccc(CN(C)C)cc3)n(O)c2-c2ccc(F)cc2)n1. The lowest BCUT2D eigenvalue weighted by Gasteiger charge is -2.10. The molecule has 2 aromatic heterocycles. The molecule has 4 aromatic rings. The van der Waals surface area contributed by atoms with E-state index < -0.39 is 0 Å². The maximum atomic E-state index is 13.5. The van der Waals surface area contributed by atoms with Crippen LogP contribution in [-0.2, 0) is 6.54 Å². The third-order valence-corrected chi connectivity index (χ3v) is 4.74. The van der Waals surface area contributed by atoms with Crippen molar-refractivity contribution in [2.45, 2.75) is 6.54 Å². The highest BCUT2D eigenvalue weighted by atomic mass is 19.1. The molecule has 2 aromatic carbocycles. The average molecular weight is 419 g/mol. The first kappa shape index (κ1) is 20.5. The van der Waals surface area contributed by atoms with Gasteiger partial charge in [0.2, 0.25) is 0 Å². The summed E-state index contributed by atoms with van der Waals surface area (Å²) in [7, 11) is 5.49. The van der Waals surface area contributed by atoms with Crippen LogP contribution < -0.4 is 4.74 Å². The number of rotatable bonds is 6. The molecule has 0 aliphatic carbocycles. The van der Waals surface area contributed by atoms with Crippen molar-refractivity contribution in [3.8, 4) is 40.0 Å². The van der Waals surface area contributed by atoms with E-state index >= 15 is 0 Å². The number of halogens is 1. The third kappa shape index (κ3) is 4.24. The molecule has 31 heavy (non-hydrogen) atoms. The molecule has 0 bridgehead atoms. The zero-order valence-corrected chi connectivity index (χ0v) is 17.5. The highest BCUT2D eigenvalue weighted by Gasteiger charge is 2.22. The summed E-state index contributed by atoms with van der Waals surface area (Å²) in [4.78, 5) is 15.2. The maximum absolute atomic E-state index is 13.5. The number of benzene rings is 2. The first-order valence-electron chi connectivity index (χ1n) is 9.65. The van der Waals surface area contributed by atoms with Crippen LogP contribution in [0.15, 0.2) is 60.8 Å². The Morgan fingerprint density at radius 2 is 1.65 bits per heavy atom. The number of nitrogens with zero attached hydrogens (tertiary/aromatic N) is 5. The molecule has 0 atom stereocenters. The van der Waals surface area contributed by atoms with E-state index in [1.807, 2.05) is 38.4 Å². The summed E-state index contributed by atoms with van der Waals surface area (Å²) in [5.41, 5.74) is 3.78. The van der Waals surface area contributed by atoms with E-state index in [0.29, 0.717) is 28.5 Å². The van der Waals surface area contributed by atoms with Gasteiger partial charge >= 0.3 is 6.01 Å². The Morgan fingerprint density at radius 3 is 2.29 bits per heavy atom. The Labute approximate surface area is 179 Å². The molecule has 0 spiro atoms. The molecule has 0 saturated carbocycles. The van der Waals surface area contributed by atoms with Crippen molar-refractivity contribution < 1.29 is 14.3 Å². The second kappa shape index (κ2) is 8.53. The van der Waals surface area contributed by atoms with Gasteiger partial charge < -0.3 is 14.8 Å². The zero-order chi connectivity index (χ0) is 22.0. The van der Waals surface area contributed by atoms with Gasteiger partial charge in [-0.3, -0.25) is 0 Å². The van der Waals surface area contributed by atoms with Crippen molar-refractivity contribution in [1.29, 1.82) is 0 Å². The summed E-state index contributed by atoms with van der Waals surface area (Å²) in [6, 6.07) is 15.5. The first-order chi connectivity index (χ1) is 15.0. The molecule has 8 heteroatoms. The van der Waals surface area contributed by atoms with Gasteiger partial charge in [-0.15, -0.1) is 0 Å². The topological polar surface area (TPSA) is 76.3 Å². The highest BCUT2D eigenvalue weighted by molar-refractivity contribution is 5.80. The summed E-state index contributed by atoms with van der Waals surface area (Å²) in [5, 5.41) is 11.1. The van der Waals surface area contributed by atoms with E-state index in [-0.39, 0.29) is 11.8 Å². The van der Waals surface area contributed by atoms with E-state index in [4.69, 9.17) is 4.74 Å². The van der Waals surface area contributed by atoms with Crippen LogP contribution in [0.1, 0.15) is 5.56 Å². The molecule has 0 aliphatic heterocycles. The Hall–Kier alpha value is -3.78. The van der Waals surface area contributed by atoms with Gasteiger partial charge in [0.1, 0.15) is 17.2 Å². The molecule has 0 radical (unpaired) electrons. The number of methoxy groups -OCH3 is 1. The van der Waals surface area contributed by atoms with Gasteiger partial charge in [0.15, 0.2) is 5.82 Å². The Kier molecular flexibility index (Phi) is 5.64. The number of ether oxygens (including phenoxy) is 1. The van der Waals surface area contributed by atoms with Crippen molar-refractivity contribution >= 4 is 0 Å². The van der Waals surface area contributed by atoms with E-state index in [0.717, 1.165) is 22.4 Å². The fourth-order valence-corrected chi connectivity index (χ4v) is 3.34. The fraction of sp³-hybridized carbons (Fsp3) is 0.174. The smallest absolute Gasteiger partial charge is 0.316 e. The predicted molar refractivity (Wildman–Crippen MR) is 115 cm³/mol. The molecule has 0 aliphatic rings. The number of aromatic nitrogens is 4. The monoisotopic (exact) mass is 419 g/mol. The fourth-order valence-electron chi connectivity index (χ4n) is 3.34. The zero-order valence-electron chi connectivity index (χ0n) is 17.5. The number of hydrogen-bond donors (Lipinski definition) is 1. The van der Waals surface area contributed by atoms with E-state index in [1.165, 1.54) is 19.2 Å². The van der Waals surface area contributed by atoms with Gasteiger partial charge in [0.05, 0.1) is 12.8 Å². The molecule has 0 unspecified atom stereocenters. The molecule has 4 rings (SSSR count). The van der Waals surface area contributed by atoms with E-state index in [2.05, 4.69) is 19.9 Å². The third-order valence-electron chi connectivity index (χ3n) is 4.74. The molecule has 158 valence electrons. The van der Waals surface area contributed by atoms with Gasteiger partial charge in [-0.2, -0.15) is 9.71 Å². The van der Waals surface area contributed by atoms with Crippen LogP contribution in [0.5, 0.6) is 6.01 Å². The lowest BCUT2D eigenvalue weighted by molar-refractivity contribution is 0.195. The van der Waals surface area contributed by atoms with E-state index in [9.17, 15) is 9.60 Å². The van der Waals surface area contributed by atoms with E-state index in [1.54, 1.807) is 24.4 Å². The minimum atomic E-state index is -0.366. The Balaban J connectivity index is 1.86. The molecular formula is C23H22FN5O2. The largest absolute Gasteiger partial charge is 0.467 e. The maximum Gasteiger partial charge on any atom is 0.316 e. The van der Waals surface area contributed by atoms with Crippen molar-refractivity contribution in [2.75, 3.05) is 21.2 Å². The van der Waals surface area contributed by atoms with Crippen molar-refractivity contribution in [1.82, 2.24) is 24.6 Å². The van der Waals surface area contributed by atoms with Crippen molar-refractivity contribution in [2.24, 2.45) is 0 Å². The first-order valence-corrected chi connectivity index (χ1v) is 9.65. The van der Waals surface area contributed by atoms with Gasteiger partial charge in [-0.25, -0.2) is 14.4 Å². The van der Waals surface area contributed by atoms with Gasteiger partial charge in [-0.1, -0.05) is 24.3 Å². The van der Waals surface area contributed by atoms with Crippen LogP contribution in [0.3, 0.4) is 0 Å². The van der Waals surface area contributed by atoms with Crippen LogP contribution in [0.25, 0.3) is 34.0 Å². The van der Waals surface area contributed by atoms with Crippen LogP contribution in [0, 0.1) is 5.82 Å². The molecule has 7 nitrogen and oxygen atoms in total. The molecule has 0 fully saturated rings. The van der Waals surface area contributed by atoms with Crippen molar-refractivity contribution in [3.63, 3.8) is 0 Å². The molecule has 1 N–H and O–H groups in total. The molecule has 0 amide bonds. The number of imidazole rings is 1. The average Bonchev–Trinajstić information content (AvgIpc) is 3.11. The molecular weight excluding hydrogens is 397 g/mol. The summed E-state index contributed by atoms with van der Waals surface area (Å²) in [6.07, 6.45) is 1.56. The summed E-state index contributed by atoms with van der Waals surface area (Å²) in [5.74, 6) is -0.0157. The lowest BCUT2D eigenvalue weighted by Crippen LogP contribution is -2.10. The summed E-state index contributed by atoms with van der Waals surface area (Å²) in [6.45, 7) is 0.806. The Bertz CT molecular complexity index is 1190. The van der Waals surface area contributed by atoms with Crippen LogP contribution in [0.4, 0.5) is 4.39 Å². The second-order valence-electron chi connectivity index (χ2n) is 7.31. The minimum Gasteiger partial charge on any atom is -0.467 e. The molecule has 0 saturated heterocycles. The number of hydrogen-bond acceptors (Lipinski definition) is 6. The molecule has 2 heterocycles. The highest BCUT2D eigenvalue weighted by Crippen LogP contribution is 2.35. The van der Waals surface area contributed by atoms with Crippen LogP contribution in [-0.4, -0.2) is 51.0 Å². The van der Waals surface area contributed by atoms with Gasteiger partial charge in [-0.05, 0) is 50.0 Å². The van der Waals surface area contributed by atoms with Crippen LogP contribution in [0.2, 0.25) is 0 Å². The quantitative estimate of drug-likeness (QED) is 0.474. The van der Waals surface area contributed by atoms with Gasteiger partial charge in [0, 0.05) is 23.9 Å². The Morgan fingerprint density at radius 1 is 0.968 bits per heavy atom. The van der Waals surface area contributed by atoms with Gasteiger partial charge in [0.25, 0.3) is 0 Å².